The Morgan fingerprint density at radius 2 is 1.91 bits per heavy atom. The molecule has 2 aromatic rings. The van der Waals surface area contributed by atoms with Crippen molar-refractivity contribution in [2.45, 2.75) is 0 Å². The fourth-order valence-corrected chi connectivity index (χ4v) is 2.69. The van der Waals surface area contributed by atoms with Crippen LogP contribution in [0.3, 0.4) is 0 Å². The number of nitrogens with two attached hydrogens (primary N) is 1. The van der Waals surface area contributed by atoms with E-state index in [0.29, 0.717) is 0 Å². The van der Waals surface area contributed by atoms with Crippen molar-refractivity contribution in [2.75, 3.05) is 5.73 Å². The number of anilines is 1. The van der Waals surface area contributed by atoms with Gasteiger partial charge in [-0.1, -0.05) is 17.7 Å². The van der Waals surface area contributed by atoms with E-state index in [2.05, 4.69) is 0 Å². The van der Waals surface area contributed by atoms with E-state index in [0.717, 1.165) is 10.6 Å². The first-order valence-corrected chi connectivity index (χ1v) is 6.64. The number of carbonyl (C=O) groups excluding carboxylic acids is 2. The number of nitrogens with one attached hydrogen (secondary N) is 1. The molecule has 2 heterocycles. The molecule has 1 aromatic heterocycles. The number of pyridine rings is 1. The summed E-state index contributed by atoms with van der Waals surface area (Å²) < 4.78 is 0.840. The summed E-state index contributed by atoms with van der Waals surface area (Å²) in [4.78, 5) is 47.1. The molecule has 0 bridgehead atoms. The summed E-state index contributed by atoms with van der Waals surface area (Å²) in [7, 11) is 0. The summed E-state index contributed by atoms with van der Waals surface area (Å²) in [5.74, 6) is -3.18. The topological polar surface area (TPSA) is 131 Å². The lowest BCUT2D eigenvalue weighted by Gasteiger charge is -2.14. The summed E-state index contributed by atoms with van der Waals surface area (Å²) in [5, 5.41) is 11.2. The molecule has 0 spiro atoms. The van der Waals surface area contributed by atoms with E-state index in [4.69, 9.17) is 17.3 Å². The van der Waals surface area contributed by atoms with Gasteiger partial charge in [0.25, 0.3) is 17.4 Å². The van der Waals surface area contributed by atoms with Gasteiger partial charge in [0.1, 0.15) is 11.4 Å². The second kappa shape index (κ2) is 4.96. The summed E-state index contributed by atoms with van der Waals surface area (Å²) in [6.07, 6.45) is 0. The number of hydrogen-bond acceptors (Lipinski definition) is 5. The molecule has 1 aromatic carbocycles. The fourth-order valence-electron chi connectivity index (χ4n) is 2.44. The van der Waals surface area contributed by atoms with E-state index in [9.17, 15) is 24.3 Å². The van der Waals surface area contributed by atoms with Crippen LogP contribution in [-0.4, -0.2) is 27.5 Å². The molecular weight excluding hydrogens is 326 g/mol. The van der Waals surface area contributed by atoms with Crippen molar-refractivity contribution >= 4 is 35.2 Å². The number of carboxylic acid groups (broad SMARTS) is 1. The lowest BCUT2D eigenvalue weighted by atomic mass is 10.1. The molecule has 0 unspecified atom stereocenters. The maximum absolute atomic E-state index is 12.3. The highest BCUT2D eigenvalue weighted by Crippen LogP contribution is 2.27. The molecule has 0 atom stereocenters. The SMILES string of the molecule is Nc1c2c(cc(=O)n1-c1cccc(Cl)c1C(=O)O)C(=O)NC2=O. The quantitative estimate of drug-likeness (QED) is 0.691. The van der Waals surface area contributed by atoms with Crippen molar-refractivity contribution < 1.29 is 19.5 Å². The van der Waals surface area contributed by atoms with Crippen molar-refractivity contribution in [3.8, 4) is 5.69 Å². The van der Waals surface area contributed by atoms with E-state index in [-0.39, 0.29) is 33.2 Å². The van der Waals surface area contributed by atoms with Crippen LogP contribution in [0.4, 0.5) is 5.82 Å². The largest absolute Gasteiger partial charge is 0.478 e. The van der Waals surface area contributed by atoms with Crippen LogP contribution in [0.1, 0.15) is 31.1 Å². The summed E-state index contributed by atoms with van der Waals surface area (Å²) in [5.41, 5.74) is 4.34. The van der Waals surface area contributed by atoms with Gasteiger partial charge in [-0.05, 0) is 12.1 Å². The molecular formula is C14H8ClN3O5. The number of nitrogens with zero attached hydrogens (tertiary/aromatic N) is 1. The van der Waals surface area contributed by atoms with Crippen LogP contribution in [-0.2, 0) is 0 Å². The second-order valence-corrected chi connectivity index (χ2v) is 5.12. The fraction of sp³-hybridized carbons (Fsp3) is 0. The molecule has 0 saturated carbocycles. The Bertz CT molecular complexity index is 964. The van der Waals surface area contributed by atoms with Crippen LogP contribution in [0.5, 0.6) is 0 Å². The van der Waals surface area contributed by atoms with E-state index < -0.39 is 23.3 Å². The summed E-state index contributed by atoms with van der Waals surface area (Å²) in [6.45, 7) is 0. The van der Waals surface area contributed by atoms with Gasteiger partial charge in [-0.3, -0.25) is 24.3 Å². The number of imide groups is 1. The number of carboxylic acids is 1. The average Bonchev–Trinajstić information content (AvgIpc) is 2.73. The first kappa shape index (κ1) is 14.8. The van der Waals surface area contributed by atoms with Crippen molar-refractivity contribution in [3.05, 3.63) is 56.3 Å². The normalized spacial score (nSPS) is 12.9. The molecule has 0 aliphatic carbocycles. The molecule has 4 N–H and O–H groups in total. The highest BCUT2D eigenvalue weighted by Gasteiger charge is 2.32. The van der Waals surface area contributed by atoms with Gasteiger partial charge in [-0.2, -0.15) is 0 Å². The van der Waals surface area contributed by atoms with Crippen LogP contribution < -0.4 is 16.6 Å². The van der Waals surface area contributed by atoms with Gasteiger partial charge in [0.05, 0.1) is 21.8 Å². The molecule has 0 radical (unpaired) electrons. The summed E-state index contributed by atoms with van der Waals surface area (Å²) in [6, 6.07) is 5.04. The molecule has 8 nitrogen and oxygen atoms in total. The molecule has 1 aliphatic rings. The third-order valence-electron chi connectivity index (χ3n) is 3.40. The van der Waals surface area contributed by atoms with Gasteiger partial charge in [-0.25, -0.2) is 4.79 Å². The second-order valence-electron chi connectivity index (χ2n) is 4.71. The monoisotopic (exact) mass is 333 g/mol. The van der Waals surface area contributed by atoms with Crippen molar-refractivity contribution in [3.63, 3.8) is 0 Å². The highest BCUT2D eigenvalue weighted by atomic mass is 35.5. The Balaban J connectivity index is 2.41. The molecule has 2 amide bonds. The van der Waals surface area contributed by atoms with Gasteiger partial charge >= 0.3 is 5.97 Å². The third kappa shape index (κ3) is 2.08. The predicted molar refractivity (Wildman–Crippen MR) is 80.2 cm³/mol. The molecule has 0 saturated heterocycles. The number of halogens is 1. The number of benzene rings is 1. The standard InChI is InChI=1S/C14H8ClN3O5/c15-6-2-1-3-7(10(6)14(22)23)18-8(19)4-5-9(11(18)16)13(21)17-12(5)20/h1-4H,16H2,(H,22,23)(H,17,20,21). The van der Waals surface area contributed by atoms with Gasteiger partial charge in [-0.15, -0.1) is 0 Å². The molecule has 116 valence electrons. The number of aromatic nitrogens is 1. The number of carbonyl (C=O) groups is 3. The Kier molecular flexibility index (Phi) is 3.19. The molecule has 9 heteroatoms. The zero-order valence-corrected chi connectivity index (χ0v) is 12.0. The maximum atomic E-state index is 12.3. The third-order valence-corrected chi connectivity index (χ3v) is 3.71. The van der Waals surface area contributed by atoms with Gasteiger partial charge in [0.15, 0.2) is 0 Å². The molecule has 23 heavy (non-hydrogen) atoms. The Morgan fingerprint density at radius 1 is 1.22 bits per heavy atom. The van der Waals surface area contributed by atoms with Crippen LogP contribution in [0.25, 0.3) is 5.69 Å². The number of rotatable bonds is 2. The highest BCUT2D eigenvalue weighted by molar-refractivity contribution is 6.34. The van der Waals surface area contributed by atoms with E-state index in [1.54, 1.807) is 0 Å². The van der Waals surface area contributed by atoms with E-state index in [1.807, 2.05) is 5.32 Å². The lowest BCUT2D eigenvalue weighted by molar-refractivity contribution is 0.0696. The van der Waals surface area contributed by atoms with Gasteiger partial charge in [0.2, 0.25) is 0 Å². The lowest BCUT2D eigenvalue weighted by Crippen LogP contribution is -2.25. The smallest absolute Gasteiger partial charge is 0.339 e. The first-order chi connectivity index (χ1) is 10.8. The zero-order chi connectivity index (χ0) is 16.9. The van der Waals surface area contributed by atoms with Crippen LogP contribution in [0, 0.1) is 0 Å². The maximum Gasteiger partial charge on any atom is 0.339 e. The number of fused-ring (bicyclic) bond motifs is 1. The van der Waals surface area contributed by atoms with Crippen molar-refractivity contribution in [2.24, 2.45) is 0 Å². The minimum absolute atomic E-state index is 0.0950. The minimum Gasteiger partial charge on any atom is -0.478 e. The number of amides is 2. The average molecular weight is 334 g/mol. The number of nitrogen functional groups attached to an aromatic ring is 1. The van der Waals surface area contributed by atoms with E-state index >= 15 is 0 Å². The van der Waals surface area contributed by atoms with Gasteiger partial charge < -0.3 is 10.8 Å². The van der Waals surface area contributed by atoms with Crippen molar-refractivity contribution in [1.82, 2.24) is 9.88 Å². The molecule has 0 fully saturated rings. The van der Waals surface area contributed by atoms with Crippen LogP contribution in [0.2, 0.25) is 5.02 Å². The minimum atomic E-state index is -1.36. The molecule has 1 aliphatic heterocycles. The van der Waals surface area contributed by atoms with E-state index in [1.165, 1.54) is 18.2 Å². The van der Waals surface area contributed by atoms with Gasteiger partial charge in [0, 0.05) is 6.07 Å². The first-order valence-electron chi connectivity index (χ1n) is 6.26. The Morgan fingerprint density at radius 3 is 2.57 bits per heavy atom. The Labute approximate surface area is 133 Å². The van der Waals surface area contributed by atoms with Crippen LogP contribution >= 0.6 is 11.6 Å². The number of hydrogen-bond donors (Lipinski definition) is 3. The summed E-state index contributed by atoms with van der Waals surface area (Å²) >= 11 is 5.88. The zero-order valence-electron chi connectivity index (χ0n) is 11.3. The molecule has 3 rings (SSSR count). The Hall–Kier alpha value is -3.13. The van der Waals surface area contributed by atoms with Crippen LogP contribution in [0.15, 0.2) is 29.1 Å². The number of aromatic carboxylic acids is 1. The van der Waals surface area contributed by atoms with Crippen molar-refractivity contribution in [1.29, 1.82) is 0 Å². The predicted octanol–water partition coefficient (Wildman–Crippen LogP) is 0.655.